The molecule has 0 amide bonds. The van der Waals surface area contributed by atoms with Gasteiger partial charge in [0.25, 0.3) is 0 Å². The van der Waals surface area contributed by atoms with Gasteiger partial charge in [-0.2, -0.15) is 0 Å². The van der Waals surface area contributed by atoms with E-state index in [-0.39, 0.29) is 0 Å². The minimum atomic E-state index is 0.705. The van der Waals surface area contributed by atoms with Crippen molar-refractivity contribution in [2.24, 2.45) is 5.92 Å². The first-order valence-corrected chi connectivity index (χ1v) is 6.22. The van der Waals surface area contributed by atoms with Crippen molar-refractivity contribution in [2.75, 3.05) is 0 Å². The van der Waals surface area contributed by atoms with Crippen LogP contribution in [0.4, 0.5) is 0 Å². The summed E-state index contributed by atoms with van der Waals surface area (Å²) in [7, 11) is 0. The number of hydrogen-bond acceptors (Lipinski definition) is 0. The Morgan fingerprint density at radius 1 is 1.00 bits per heavy atom. The van der Waals surface area contributed by atoms with E-state index in [0.29, 0.717) is 4.83 Å². The molecule has 0 nitrogen and oxygen atoms in total. The molecule has 0 heterocycles. The van der Waals surface area contributed by atoms with Gasteiger partial charge in [0.2, 0.25) is 0 Å². The zero-order valence-electron chi connectivity index (χ0n) is 8.78. The van der Waals surface area contributed by atoms with Crippen molar-refractivity contribution in [3.63, 3.8) is 0 Å². The molecular formula is C11H23Br. The summed E-state index contributed by atoms with van der Waals surface area (Å²) in [6.45, 7) is 6.89. The summed E-state index contributed by atoms with van der Waals surface area (Å²) in [5, 5.41) is 0. The molecule has 0 bridgehead atoms. The van der Waals surface area contributed by atoms with E-state index in [0.717, 1.165) is 5.92 Å². The third-order valence-electron chi connectivity index (χ3n) is 2.35. The van der Waals surface area contributed by atoms with Crippen LogP contribution in [0.25, 0.3) is 0 Å². The summed E-state index contributed by atoms with van der Waals surface area (Å²) >= 11 is 3.58. The molecule has 0 aliphatic rings. The van der Waals surface area contributed by atoms with Crippen LogP contribution in [0.15, 0.2) is 0 Å². The molecule has 1 heteroatoms. The van der Waals surface area contributed by atoms with E-state index >= 15 is 0 Å². The second-order valence-electron chi connectivity index (χ2n) is 3.96. The maximum absolute atomic E-state index is 3.58. The predicted molar refractivity (Wildman–Crippen MR) is 60.9 cm³/mol. The van der Waals surface area contributed by atoms with E-state index in [1.165, 1.54) is 38.5 Å². The summed E-state index contributed by atoms with van der Waals surface area (Å²) < 4.78 is 0. The Labute approximate surface area is 86.3 Å². The van der Waals surface area contributed by atoms with Crippen LogP contribution in [0.1, 0.15) is 59.3 Å². The molecule has 2 atom stereocenters. The number of hydrogen-bond donors (Lipinski definition) is 0. The van der Waals surface area contributed by atoms with Crippen molar-refractivity contribution in [3.8, 4) is 0 Å². The van der Waals surface area contributed by atoms with Crippen LogP contribution in [0.2, 0.25) is 0 Å². The summed E-state index contributed by atoms with van der Waals surface area (Å²) in [5.74, 6) is 0.941. The largest absolute Gasteiger partial charge is 0.0894 e. The van der Waals surface area contributed by atoms with Gasteiger partial charge in [-0.3, -0.25) is 0 Å². The Balaban J connectivity index is 3.13. The Morgan fingerprint density at radius 2 is 1.58 bits per heavy atom. The topological polar surface area (TPSA) is 0 Å². The molecule has 0 aliphatic carbocycles. The van der Waals surface area contributed by atoms with E-state index < -0.39 is 0 Å². The lowest BCUT2D eigenvalue weighted by atomic mass is 9.98. The second kappa shape index (κ2) is 8.10. The number of unbranched alkanes of at least 4 members (excludes halogenated alkanes) is 1. The molecule has 0 radical (unpaired) electrons. The molecule has 0 spiro atoms. The van der Waals surface area contributed by atoms with E-state index in [1.807, 2.05) is 0 Å². The van der Waals surface area contributed by atoms with Gasteiger partial charge in [0, 0.05) is 4.83 Å². The molecule has 0 aromatic carbocycles. The molecule has 0 saturated carbocycles. The van der Waals surface area contributed by atoms with Crippen LogP contribution in [-0.4, -0.2) is 4.83 Å². The molecule has 0 fully saturated rings. The van der Waals surface area contributed by atoms with Crippen molar-refractivity contribution < 1.29 is 0 Å². The molecule has 0 aromatic heterocycles. The lowest BCUT2D eigenvalue weighted by Crippen LogP contribution is -1.97. The SMILES string of the molecule is CCCCC(C)CCCC(C)Br. The molecule has 2 unspecified atom stereocenters. The Bertz CT molecular complexity index is 89.0. The highest BCUT2D eigenvalue weighted by molar-refractivity contribution is 9.09. The average molecular weight is 235 g/mol. The molecule has 0 saturated heterocycles. The zero-order chi connectivity index (χ0) is 9.40. The third kappa shape index (κ3) is 8.58. The predicted octanol–water partition coefficient (Wildman–Crippen LogP) is 4.77. The summed E-state index contributed by atoms with van der Waals surface area (Å²) in [5.41, 5.74) is 0. The smallest absolute Gasteiger partial charge is 0.0117 e. The van der Waals surface area contributed by atoms with Gasteiger partial charge >= 0.3 is 0 Å². The van der Waals surface area contributed by atoms with Gasteiger partial charge in [0.15, 0.2) is 0 Å². The van der Waals surface area contributed by atoms with Crippen molar-refractivity contribution in [3.05, 3.63) is 0 Å². The highest BCUT2D eigenvalue weighted by Crippen LogP contribution is 2.17. The number of rotatable bonds is 7. The Hall–Kier alpha value is 0.480. The molecule has 0 N–H and O–H groups in total. The van der Waals surface area contributed by atoms with Crippen LogP contribution in [-0.2, 0) is 0 Å². The van der Waals surface area contributed by atoms with Crippen LogP contribution in [0.3, 0.4) is 0 Å². The Morgan fingerprint density at radius 3 is 2.08 bits per heavy atom. The highest BCUT2D eigenvalue weighted by atomic mass is 79.9. The molecule has 0 aromatic rings. The molecule has 0 rings (SSSR count). The van der Waals surface area contributed by atoms with E-state index in [4.69, 9.17) is 0 Å². The molecule has 0 aliphatic heterocycles. The van der Waals surface area contributed by atoms with E-state index in [9.17, 15) is 0 Å². The van der Waals surface area contributed by atoms with Crippen molar-refractivity contribution in [2.45, 2.75) is 64.1 Å². The maximum atomic E-state index is 3.58. The second-order valence-corrected chi connectivity index (χ2v) is 5.52. The number of alkyl halides is 1. The van der Waals surface area contributed by atoms with Crippen molar-refractivity contribution >= 4 is 15.9 Å². The van der Waals surface area contributed by atoms with Gasteiger partial charge in [-0.25, -0.2) is 0 Å². The molecule has 74 valence electrons. The van der Waals surface area contributed by atoms with Crippen LogP contribution in [0, 0.1) is 5.92 Å². The van der Waals surface area contributed by atoms with E-state index in [1.54, 1.807) is 0 Å². The fourth-order valence-corrected chi connectivity index (χ4v) is 1.77. The molecular weight excluding hydrogens is 212 g/mol. The fraction of sp³-hybridized carbons (Fsp3) is 1.00. The highest BCUT2D eigenvalue weighted by Gasteiger charge is 2.02. The first kappa shape index (κ1) is 12.5. The summed E-state index contributed by atoms with van der Waals surface area (Å²) in [6.07, 6.45) is 8.31. The third-order valence-corrected chi connectivity index (χ3v) is 2.81. The van der Waals surface area contributed by atoms with Gasteiger partial charge in [-0.1, -0.05) is 68.8 Å². The van der Waals surface area contributed by atoms with Crippen molar-refractivity contribution in [1.82, 2.24) is 0 Å². The normalized spacial score (nSPS) is 16.0. The van der Waals surface area contributed by atoms with Crippen molar-refractivity contribution in [1.29, 1.82) is 0 Å². The summed E-state index contributed by atoms with van der Waals surface area (Å²) in [6, 6.07) is 0. The van der Waals surface area contributed by atoms with Crippen LogP contribution < -0.4 is 0 Å². The van der Waals surface area contributed by atoms with Gasteiger partial charge in [-0.15, -0.1) is 0 Å². The maximum Gasteiger partial charge on any atom is 0.0117 e. The van der Waals surface area contributed by atoms with Crippen LogP contribution >= 0.6 is 15.9 Å². The lowest BCUT2D eigenvalue weighted by molar-refractivity contribution is 0.450. The minimum absolute atomic E-state index is 0.705. The monoisotopic (exact) mass is 234 g/mol. The first-order chi connectivity index (χ1) is 5.66. The fourth-order valence-electron chi connectivity index (χ4n) is 1.44. The van der Waals surface area contributed by atoms with E-state index in [2.05, 4.69) is 36.7 Å². The minimum Gasteiger partial charge on any atom is -0.0894 e. The molecule has 12 heavy (non-hydrogen) atoms. The zero-order valence-corrected chi connectivity index (χ0v) is 10.4. The number of halogens is 1. The van der Waals surface area contributed by atoms with Gasteiger partial charge < -0.3 is 0 Å². The average Bonchev–Trinajstić information content (AvgIpc) is 2.00. The standard InChI is InChI=1S/C11H23Br/c1-4-5-7-10(2)8-6-9-11(3)12/h10-11H,4-9H2,1-3H3. The van der Waals surface area contributed by atoms with Gasteiger partial charge in [0.1, 0.15) is 0 Å². The van der Waals surface area contributed by atoms with Crippen LogP contribution in [0.5, 0.6) is 0 Å². The van der Waals surface area contributed by atoms with Gasteiger partial charge in [-0.05, 0) is 12.3 Å². The summed E-state index contributed by atoms with van der Waals surface area (Å²) in [4.78, 5) is 0.705. The Kier molecular flexibility index (Phi) is 8.42. The first-order valence-electron chi connectivity index (χ1n) is 5.30. The lowest BCUT2D eigenvalue weighted by Gasteiger charge is -2.10. The quantitative estimate of drug-likeness (QED) is 0.558. The van der Waals surface area contributed by atoms with Gasteiger partial charge in [0.05, 0.1) is 0 Å².